The van der Waals surface area contributed by atoms with Gasteiger partial charge >= 0.3 is 6.18 Å². The maximum absolute atomic E-state index is 13.2. The van der Waals surface area contributed by atoms with Crippen LogP contribution in [0.5, 0.6) is 5.75 Å². The zero-order chi connectivity index (χ0) is 24.0. The largest absolute Gasteiger partial charge is 0.497 e. The van der Waals surface area contributed by atoms with Gasteiger partial charge in [-0.15, -0.1) is 0 Å². The second kappa shape index (κ2) is 10.0. The van der Waals surface area contributed by atoms with E-state index in [1.165, 1.54) is 30.5 Å². The van der Waals surface area contributed by atoms with Gasteiger partial charge in [-0.05, 0) is 42.5 Å². The number of carbonyl (C=O) groups excluding carboxylic acids is 2. The number of hydrogen-bond donors (Lipinski definition) is 2. The predicted octanol–water partition coefficient (Wildman–Crippen LogP) is 2.62. The molecule has 0 aliphatic carbocycles. The number of amides is 2. The van der Waals surface area contributed by atoms with Crippen molar-refractivity contribution in [3.05, 3.63) is 60.7 Å². The lowest BCUT2D eigenvalue weighted by atomic mass is 10.1. The van der Waals surface area contributed by atoms with Crippen LogP contribution in [0.15, 0.2) is 55.1 Å². The molecule has 0 fully saturated rings. The Balaban J connectivity index is 1.86. The molecule has 0 saturated heterocycles. The topological polar surface area (TPSA) is 115 Å². The average Bonchev–Trinajstić information content (AvgIpc) is 3.30. The van der Waals surface area contributed by atoms with Gasteiger partial charge in [0.05, 0.1) is 30.6 Å². The van der Waals surface area contributed by atoms with Crippen LogP contribution in [0.3, 0.4) is 0 Å². The van der Waals surface area contributed by atoms with Gasteiger partial charge in [0.15, 0.2) is 0 Å². The fraction of sp³-hybridized carbons (Fsp3) is 0.238. The highest BCUT2D eigenvalue weighted by molar-refractivity contribution is 5.96. The first-order valence-corrected chi connectivity index (χ1v) is 9.71. The van der Waals surface area contributed by atoms with Gasteiger partial charge in [0.2, 0.25) is 11.8 Å². The Morgan fingerprint density at radius 2 is 1.91 bits per heavy atom. The second-order valence-electron chi connectivity index (χ2n) is 6.95. The van der Waals surface area contributed by atoms with Crippen LogP contribution in [0, 0.1) is 0 Å². The number of alkyl halides is 3. The number of nitrogens with zero attached hydrogens (tertiary/aromatic N) is 4. The zero-order valence-corrected chi connectivity index (χ0v) is 17.5. The van der Waals surface area contributed by atoms with Crippen LogP contribution in [-0.2, 0) is 15.8 Å². The molecule has 0 spiro atoms. The van der Waals surface area contributed by atoms with E-state index in [9.17, 15) is 22.8 Å². The van der Waals surface area contributed by atoms with Gasteiger partial charge in [0, 0.05) is 18.7 Å². The highest BCUT2D eigenvalue weighted by Gasteiger charge is 2.31. The molecule has 1 heterocycles. The van der Waals surface area contributed by atoms with Crippen LogP contribution < -0.4 is 20.7 Å². The van der Waals surface area contributed by atoms with Crippen molar-refractivity contribution in [2.75, 3.05) is 30.4 Å². The Morgan fingerprint density at radius 1 is 1.18 bits per heavy atom. The number of ether oxygens (including phenoxy) is 1. The summed E-state index contributed by atoms with van der Waals surface area (Å²) in [6.45, 7) is -0.111. The minimum atomic E-state index is -4.60. The molecule has 2 amide bonds. The summed E-state index contributed by atoms with van der Waals surface area (Å²) in [5.41, 5.74) is 5.04. The van der Waals surface area contributed by atoms with Crippen LogP contribution in [0.1, 0.15) is 12.0 Å². The van der Waals surface area contributed by atoms with E-state index < -0.39 is 23.6 Å². The molecule has 0 radical (unpaired) electrons. The molecule has 0 unspecified atom stereocenters. The van der Waals surface area contributed by atoms with E-state index in [0.29, 0.717) is 11.4 Å². The van der Waals surface area contributed by atoms with E-state index >= 15 is 0 Å². The monoisotopic (exact) mass is 462 g/mol. The minimum Gasteiger partial charge on any atom is -0.497 e. The lowest BCUT2D eigenvalue weighted by Crippen LogP contribution is -2.35. The zero-order valence-electron chi connectivity index (χ0n) is 17.5. The van der Waals surface area contributed by atoms with Crippen molar-refractivity contribution >= 4 is 23.2 Å². The van der Waals surface area contributed by atoms with Crippen molar-refractivity contribution in [3.8, 4) is 11.4 Å². The Labute approximate surface area is 187 Å². The number of aromatic nitrogens is 3. The first-order valence-electron chi connectivity index (χ1n) is 9.71. The number of benzene rings is 2. The number of hydrogen-bond acceptors (Lipinski definition) is 6. The summed E-state index contributed by atoms with van der Waals surface area (Å²) in [7, 11) is 1.51. The van der Waals surface area contributed by atoms with Crippen LogP contribution in [-0.4, -0.2) is 46.8 Å². The summed E-state index contributed by atoms with van der Waals surface area (Å²) < 4.78 is 46.1. The molecular weight excluding hydrogens is 441 g/mol. The first kappa shape index (κ1) is 23.6. The molecular formula is C21H21F3N6O3. The number of halogens is 3. The number of primary amides is 1. The van der Waals surface area contributed by atoms with Crippen molar-refractivity contribution in [3.63, 3.8) is 0 Å². The van der Waals surface area contributed by atoms with E-state index in [-0.39, 0.29) is 30.9 Å². The summed E-state index contributed by atoms with van der Waals surface area (Å²) in [4.78, 5) is 29.5. The lowest BCUT2D eigenvalue weighted by molar-refractivity contribution is -0.137. The lowest BCUT2D eigenvalue weighted by Gasteiger charge is -2.24. The Hall–Kier alpha value is -4.09. The number of nitrogens with two attached hydrogens (primary N) is 1. The Morgan fingerprint density at radius 3 is 2.48 bits per heavy atom. The molecule has 0 saturated carbocycles. The van der Waals surface area contributed by atoms with Crippen LogP contribution in [0.25, 0.3) is 5.69 Å². The Bertz CT molecular complexity index is 1100. The maximum Gasteiger partial charge on any atom is 0.416 e. The van der Waals surface area contributed by atoms with Crippen molar-refractivity contribution in [1.29, 1.82) is 0 Å². The third kappa shape index (κ3) is 6.21. The van der Waals surface area contributed by atoms with Gasteiger partial charge in [0.25, 0.3) is 0 Å². The third-order valence-corrected chi connectivity index (χ3v) is 4.66. The highest BCUT2D eigenvalue weighted by Crippen LogP contribution is 2.33. The summed E-state index contributed by atoms with van der Waals surface area (Å²) in [6.07, 6.45) is -2.10. The second-order valence-corrected chi connectivity index (χ2v) is 6.95. The Kier molecular flexibility index (Phi) is 7.16. The van der Waals surface area contributed by atoms with Crippen LogP contribution >= 0.6 is 0 Å². The maximum atomic E-state index is 13.2. The molecule has 3 aromatic rings. The average molecular weight is 462 g/mol. The normalized spacial score (nSPS) is 11.2. The summed E-state index contributed by atoms with van der Waals surface area (Å²) in [5, 5.41) is 6.43. The van der Waals surface area contributed by atoms with Gasteiger partial charge in [0.1, 0.15) is 18.4 Å². The number of carbonyl (C=O) groups is 2. The number of methoxy groups -OCH3 is 1. The quantitative estimate of drug-likeness (QED) is 0.505. The molecule has 33 heavy (non-hydrogen) atoms. The minimum absolute atomic E-state index is 0.0208. The molecule has 1 aromatic heterocycles. The smallest absolute Gasteiger partial charge is 0.416 e. The van der Waals surface area contributed by atoms with E-state index in [1.54, 1.807) is 29.2 Å². The number of rotatable bonds is 9. The van der Waals surface area contributed by atoms with E-state index in [2.05, 4.69) is 15.4 Å². The molecule has 12 heteroatoms. The molecule has 0 aliphatic rings. The summed E-state index contributed by atoms with van der Waals surface area (Å²) in [5.74, 6) is -0.560. The molecule has 174 valence electrons. The van der Waals surface area contributed by atoms with E-state index in [4.69, 9.17) is 10.5 Å². The van der Waals surface area contributed by atoms with Gasteiger partial charge in [-0.25, -0.2) is 9.67 Å². The van der Waals surface area contributed by atoms with E-state index in [1.807, 2.05) is 0 Å². The molecule has 0 atom stereocenters. The fourth-order valence-corrected chi connectivity index (χ4v) is 3.05. The standard InChI is InChI=1S/C21H21F3N6O3/c1-33-16-5-3-15(4-6-16)29(9-8-19(25)31)11-20(32)28-17-10-14(21(22,23)24)2-7-18(17)30-13-26-12-27-30/h2-7,10,12-13H,8-9,11H2,1H3,(H2,25,31)(H,28,32). The van der Waals surface area contributed by atoms with Crippen LogP contribution in [0.4, 0.5) is 24.5 Å². The molecule has 3 rings (SSSR count). The van der Waals surface area contributed by atoms with Crippen LogP contribution in [0.2, 0.25) is 0 Å². The van der Waals surface area contributed by atoms with Crippen molar-refractivity contribution < 1.29 is 27.5 Å². The summed E-state index contributed by atoms with van der Waals surface area (Å²) in [6, 6.07) is 9.66. The number of anilines is 2. The molecule has 0 bridgehead atoms. The third-order valence-electron chi connectivity index (χ3n) is 4.66. The predicted molar refractivity (Wildman–Crippen MR) is 114 cm³/mol. The SMILES string of the molecule is COc1ccc(N(CCC(N)=O)CC(=O)Nc2cc(C(F)(F)F)ccc2-n2cncn2)cc1. The molecule has 0 aliphatic heterocycles. The number of nitrogens with one attached hydrogen (secondary N) is 1. The molecule has 9 nitrogen and oxygen atoms in total. The van der Waals surface area contributed by atoms with Gasteiger partial charge in [-0.3, -0.25) is 9.59 Å². The first-order chi connectivity index (χ1) is 15.7. The van der Waals surface area contributed by atoms with Gasteiger partial charge in [-0.2, -0.15) is 18.3 Å². The van der Waals surface area contributed by atoms with Crippen molar-refractivity contribution in [1.82, 2.24) is 14.8 Å². The van der Waals surface area contributed by atoms with Crippen molar-refractivity contribution in [2.24, 2.45) is 5.73 Å². The van der Waals surface area contributed by atoms with Gasteiger partial charge < -0.3 is 20.7 Å². The van der Waals surface area contributed by atoms with Gasteiger partial charge in [-0.1, -0.05) is 0 Å². The molecule has 2 aromatic carbocycles. The van der Waals surface area contributed by atoms with Crippen molar-refractivity contribution in [2.45, 2.75) is 12.6 Å². The highest BCUT2D eigenvalue weighted by atomic mass is 19.4. The molecule has 3 N–H and O–H groups in total. The van der Waals surface area contributed by atoms with E-state index in [0.717, 1.165) is 12.1 Å². The fourth-order valence-electron chi connectivity index (χ4n) is 3.05. The summed E-state index contributed by atoms with van der Waals surface area (Å²) >= 11 is 0.